The SMILES string of the molecule is NC(=O)NCC(=O)Nc1ccc(-c2ccccc2)cc1. The van der Waals surface area contributed by atoms with Gasteiger partial charge in [-0.05, 0) is 23.3 Å². The molecule has 2 aromatic carbocycles. The number of nitrogens with two attached hydrogens (primary N) is 1. The number of primary amides is 1. The molecule has 0 atom stereocenters. The van der Waals surface area contributed by atoms with Gasteiger partial charge >= 0.3 is 6.03 Å². The highest BCUT2D eigenvalue weighted by Gasteiger charge is 2.03. The van der Waals surface area contributed by atoms with Gasteiger partial charge in [0.15, 0.2) is 0 Å². The van der Waals surface area contributed by atoms with Crippen LogP contribution in [0.3, 0.4) is 0 Å². The van der Waals surface area contributed by atoms with Crippen LogP contribution < -0.4 is 16.4 Å². The van der Waals surface area contributed by atoms with E-state index in [1.165, 1.54) is 0 Å². The molecule has 0 saturated carbocycles. The van der Waals surface area contributed by atoms with Crippen molar-refractivity contribution in [3.63, 3.8) is 0 Å². The highest BCUT2D eigenvalue weighted by atomic mass is 16.2. The van der Waals surface area contributed by atoms with Crippen molar-refractivity contribution in [2.45, 2.75) is 0 Å². The Morgan fingerprint density at radius 1 is 0.900 bits per heavy atom. The van der Waals surface area contributed by atoms with Crippen LogP contribution in [0.1, 0.15) is 0 Å². The summed E-state index contributed by atoms with van der Waals surface area (Å²) < 4.78 is 0. The van der Waals surface area contributed by atoms with E-state index in [0.29, 0.717) is 5.69 Å². The van der Waals surface area contributed by atoms with E-state index in [-0.39, 0.29) is 12.5 Å². The minimum Gasteiger partial charge on any atom is -0.352 e. The van der Waals surface area contributed by atoms with E-state index < -0.39 is 6.03 Å². The number of hydrogen-bond acceptors (Lipinski definition) is 2. The summed E-state index contributed by atoms with van der Waals surface area (Å²) in [6, 6.07) is 16.7. The molecule has 0 radical (unpaired) electrons. The van der Waals surface area contributed by atoms with E-state index >= 15 is 0 Å². The Balaban J connectivity index is 1.98. The molecule has 2 aromatic rings. The third-order valence-corrected chi connectivity index (χ3v) is 2.70. The van der Waals surface area contributed by atoms with Crippen LogP contribution in [0.4, 0.5) is 10.5 Å². The molecule has 0 heterocycles. The normalized spacial score (nSPS) is 9.80. The lowest BCUT2D eigenvalue weighted by molar-refractivity contribution is -0.115. The molecule has 0 saturated heterocycles. The molecule has 2 rings (SSSR count). The van der Waals surface area contributed by atoms with E-state index in [2.05, 4.69) is 10.6 Å². The fraction of sp³-hybridized carbons (Fsp3) is 0.0667. The Bertz CT molecular complexity index is 594. The maximum atomic E-state index is 11.5. The quantitative estimate of drug-likeness (QED) is 0.792. The van der Waals surface area contributed by atoms with Crippen LogP contribution in [-0.2, 0) is 4.79 Å². The van der Waals surface area contributed by atoms with Crippen LogP contribution in [0.15, 0.2) is 54.6 Å². The summed E-state index contributed by atoms with van der Waals surface area (Å²) in [7, 11) is 0. The highest BCUT2D eigenvalue weighted by Crippen LogP contribution is 2.20. The number of rotatable bonds is 4. The molecule has 0 aliphatic carbocycles. The highest BCUT2D eigenvalue weighted by molar-refractivity contribution is 5.94. The average Bonchev–Trinajstić information content (AvgIpc) is 2.47. The molecule has 4 N–H and O–H groups in total. The fourth-order valence-electron chi connectivity index (χ4n) is 1.75. The van der Waals surface area contributed by atoms with Crippen LogP contribution in [0, 0.1) is 0 Å². The van der Waals surface area contributed by atoms with Crippen LogP contribution >= 0.6 is 0 Å². The molecule has 0 aliphatic rings. The third kappa shape index (κ3) is 3.84. The van der Waals surface area contributed by atoms with Crippen molar-refractivity contribution >= 4 is 17.6 Å². The first-order chi connectivity index (χ1) is 9.65. The van der Waals surface area contributed by atoms with Crippen LogP contribution in [-0.4, -0.2) is 18.5 Å². The molecular formula is C15H15N3O2. The monoisotopic (exact) mass is 269 g/mol. The van der Waals surface area contributed by atoms with Gasteiger partial charge < -0.3 is 16.4 Å². The zero-order valence-corrected chi connectivity index (χ0v) is 10.8. The summed E-state index contributed by atoms with van der Waals surface area (Å²) in [4.78, 5) is 22.0. The summed E-state index contributed by atoms with van der Waals surface area (Å²) in [6.45, 7) is -0.143. The molecular weight excluding hydrogens is 254 g/mol. The fourth-order valence-corrected chi connectivity index (χ4v) is 1.75. The lowest BCUT2D eigenvalue weighted by Crippen LogP contribution is -2.36. The molecule has 0 bridgehead atoms. The van der Waals surface area contributed by atoms with E-state index in [4.69, 9.17) is 5.73 Å². The number of urea groups is 1. The molecule has 0 unspecified atom stereocenters. The summed E-state index contributed by atoms with van der Waals surface area (Å²) in [5.74, 6) is -0.323. The van der Waals surface area contributed by atoms with E-state index in [1.807, 2.05) is 54.6 Å². The zero-order valence-electron chi connectivity index (χ0n) is 10.8. The standard InChI is InChI=1S/C15H15N3O2/c16-15(20)17-10-14(19)18-13-8-6-12(7-9-13)11-4-2-1-3-5-11/h1-9H,10H2,(H,18,19)(H3,16,17,20). The molecule has 0 fully saturated rings. The number of carbonyl (C=O) groups is 2. The summed E-state index contributed by atoms with van der Waals surface area (Å²) in [6.07, 6.45) is 0. The maximum absolute atomic E-state index is 11.5. The van der Waals surface area contributed by atoms with Gasteiger partial charge in [0.05, 0.1) is 6.54 Å². The van der Waals surface area contributed by atoms with Gasteiger partial charge in [0.1, 0.15) is 0 Å². The second kappa shape index (κ2) is 6.38. The molecule has 102 valence electrons. The smallest absolute Gasteiger partial charge is 0.312 e. The Morgan fingerprint density at radius 2 is 1.50 bits per heavy atom. The maximum Gasteiger partial charge on any atom is 0.312 e. The van der Waals surface area contributed by atoms with Crippen molar-refractivity contribution in [1.29, 1.82) is 0 Å². The average molecular weight is 269 g/mol. The Labute approximate surface area is 116 Å². The van der Waals surface area contributed by atoms with Gasteiger partial charge in [-0.25, -0.2) is 4.79 Å². The molecule has 0 aliphatic heterocycles. The number of amides is 3. The minimum atomic E-state index is -0.723. The molecule has 0 spiro atoms. The number of anilines is 1. The third-order valence-electron chi connectivity index (χ3n) is 2.70. The van der Waals surface area contributed by atoms with Crippen LogP contribution in [0.25, 0.3) is 11.1 Å². The van der Waals surface area contributed by atoms with Crippen molar-refractivity contribution in [2.75, 3.05) is 11.9 Å². The first kappa shape index (κ1) is 13.6. The van der Waals surface area contributed by atoms with Crippen molar-refractivity contribution < 1.29 is 9.59 Å². The number of hydrogen-bond donors (Lipinski definition) is 3. The van der Waals surface area contributed by atoms with Gasteiger partial charge in [0, 0.05) is 5.69 Å². The van der Waals surface area contributed by atoms with E-state index in [1.54, 1.807) is 0 Å². The largest absolute Gasteiger partial charge is 0.352 e. The van der Waals surface area contributed by atoms with Crippen molar-refractivity contribution in [1.82, 2.24) is 5.32 Å². The molecule has 5 nitrogen and oxygen atoms in total. The van der Waals surface area contributed by atoms with Gasteiger partial charge in [0.2, 0.25) is 5.91 Å². The topological polar surface area (TPSA) is 84.2 Å². The molecule has 3 amide bonds. The van der Waals surface area contributed by atoms with Gasteiger partial charge in [0.25, 0.3) is 0 Å². The van der Waals surface area contributed by atoms with Gasteiger partial charge in [-0.15, -0.1) is 0 Å². The predicted octanol–water partition coefficient (Wildman–Crippen LogP) is 1.96. The number of benzene rings is 2. The minimum absolute atomic E-state index is 0.143. The summed E-state index contributed by atoms with van der Waals surface area (Å²) >= 11 is 0. The summed E-state index contributed by atoms with van der Waals surface area (Å²) in [5, 5.41) is 4.90. The molecule has 0 aromatic heterocycles. The van der Waals surface area contributed by atoms with Gasteiger partial charge in [-0.2, -0.15) is 0 Å². The van der Waals surface area contributed by atoms with Crippen molar-refractivity contribution in [2.24, 2.45) is 5.73 Å². The van der Waals surface area contributed by atoms with Gasteiger partial charge in [-0.3, -0.25) is 4.79 Å². The predicted molar refractivity (Wildman–Crippen MR) is 78.1 cm³/mol. The lowest BCUT2D eigenvalue weighted by Gasteiger charge is -2.07. The zero-order chi connectivity index (χ0) is 14.4. The first-order valence-electron chi connectivity index (χ1n) is 6.14. The second-order valence-electron chi connectivity index (χ2n) is 4.21. The van der Waals surface area contributed by atoms with Crippen molar-refractivity contribution in [3.8, 4) is 11.1 Å². The van der Waals surface area contributed by atoms with E-state index in [9.17, 15) is 9.59 Å². The molecule has 5 heteroatoms. The Hall–Kier alpha value is -2.82. The van der Waals surface area contributed by atoms with Gasteiger partial charge in [-0.1, -0.05) is 42.5 Å². The Kier molecular flexibility index (Phi) is 4.34. The number of nitrogens with one attached hydrogen (secondary N) is 2. The van der Waals surface area contributed by atoms with Crippen LogP contribution in [0.5, 0.6) is 0 Å². The first-order valence-corrected chi connectivity index (χ1v) is 6.14. The summed E-state index contributed by atoms with van der Waals surface area (Å²) in [5.41, 5.74) is 7.74. The van der Waals surface area contributed by atoms with Crippen LogP contribution in [0.2, 0.25) is 0 Å². The molecule has 20 heavy (non-hydrogen) atoms. The van der Waals surface area contributed by atoms with E-state index in [0.717, 1.165) is 11.1 Å². The lowest BCUT2D eigenvalue weighted by atomic mass is 10.1. The number of carbonyl (C=O) groups excluding carboxylic acids is 2. The second-order valence-corrected chi connectivity index (χ2v) is 4.21. The van der Waals surface area contributed by atoms with Crippen molar-refractivity contribution in [3.05, 3.63) is 54.6 Å². The Morgan fingerprint density at radius 3 is 2.10 bits per heavy atom.